The molecular formula is C15H22ClN3O3S. The molecular weight excluding hydrogens is 338 g/mol. The van der Waals surface area contributed by atoms with E-state index in [9.17, 15) is 13.2 Å². The number of rotatable bonds is 5. The zero-order valence-corrected chi connectivity index (χ0v) is 15.0. The topological polar surface area (TPSA) is 69.7 Å². The molecule has 0 aliphatic carbocycles. The van der Waals surface area contributed by atoms with E-state index in [1.165, 1.54) is 10.4 Å². The standard InChI is InChI=1S/C15H22ClN3O3S/c1-18(2)14-7-6-12(10-13(14)17-15(20)11-16)23(21,22)19-8-4-3-5-9-19/h6-7,10H,3-5,8-9,11H2,1-2H3,(H,17,20). The molecule has 8 heteroatoms. The third-order valence-corrected chi connectivity index (χ3v) is 5.94. The molecule has 1 aliphatic heterocycles. The predicted molar refractivity (Wildman–Crippen MR) is 92.7 cm³/mol. The third-order valence-electron chi connectivity index (χ3n) is 3.80. The van der Waals surface area contributed by atoms with E-state index in [2.05, 4.69) is 5.32 Å². The molecule has 0 unspecified atom stereocenters. The van der Waals surface area contributed by atoms with E-state index in [-0.39, 0.29) is 16.7 Å². The molecule has 1 amide bonds. The highest BCUT2D eigenvalue weighted by Gasteiger charge is 2.26. The molecule has 1 aromatic rings. The zero-order chi connectivity index (χ0) is 17.0. The van der Waals surface area contributed by atoms with Crippen molar-refractivity contribution >= 4 is 38.9 Å². The number of carbonyl (C=O) groups excluding carboxylic acids is 1. The van der Waals surface area contributed by atoms with Crippen LogP contribution < -0.4 is 10.2 Å². The van der Waals surface area contributed by atoms with Gasteiger partial charge in [-0.2, -0.15) is 4.31 Å². The van der Waals surface area contributed by atoms with Gasteiger partial charge < -0.3 is 10.2 Å². The van der Waals surface area contributed by atoms with Crippen LogP contribution in [-0.4, -0.2) is 51.7 Å². The summed E-state index contributed by atoms with van der Waals surface area (Å²) in [7, 11) is 0.109. The Morgan fingerprint density at radius 2 is 1.91 bits per heavy atom. The van der Waals surface area contributed by atoms with Crippen molar-refractivity contribution in [2.24, 2.45) is 0 Å². The molecule has 1 N–H and O–H groups in total. The number of alkyl halides is 1. The minimum Gasteiger partial charge on any atom is -0.376 e. The number of anilines is 2. The Hall–Kier alpha value is -1.31. The van der Waals surface area contributed by atoms with Crippen LogP contribution in [-0.2, 0) is 14.8 Å². The molecule has 1 heterocycles. The fourth-order valence-corrected chi connectivity index (χ4v) is 4.21. The SMILES string of the molecule is CN(C)c1ccc(S(=O)(=O)N2CCCCC2)cc1NC(=O)CCl. The van der Waals surface area contributed by atoms with Gasteiger partial charge in [-0.05, 0) is 31.0 Å². The minimum absolute atomic E-state index is 0.185. The fourth-order valence-electron chi connectivity index (χ4n) is 2.60. The highest BCUT2D eigenvalue weighted by molar-refractivity contribution is 7.89. The normalized spacial score (nSPS) is 16.1. The van der Waals surface area contributed by atoms with E-state index in [1.54, 1.807) is 17.0 Å². The predicted octanol–water partition coefficient (Wildman–Crippen LogP) is 2.10. The van der Waals surface area contributed by atoms with Crippen molar-refractivity contribution in [1.82, 2.24) is 4.31 Å². The number of benzene rings is 1. The highest BCUT2D eigenvalue weighted by atomic mass is 35.5. The second-order valence-electron chi connectivity index (χ2n) is 5.72. The van der Waals surface area contributed by atoms with Gasteiger partial charge in [0.25, 0.3) is 0 Å². The summed E-state index contributed by atoms with van der Waals surface area (Å²) in [5, 5.41) is 2.66. The number of hydrogen-bond donors (Lipinski definition) is 1. The van der Waals surface area contributed by atoms with Crippen LogP contribution in [0.3, 0.4) is 0 Å². The molecule has 6 nitrogen and oxygen atoms in total. The lowest BCUT2D eigenvalue weighted by molar-refractivity contribution is -0.113. The smallest absolute Gasteiger partial charge is 0.243 e. The number of nitrogens with one attached hydrogen (secondary N) is 1. The Morgan fingerprint density at radius 3 is 2.48 bits per heavy atom. The van der Waals surface area contributed by atoms with Crippen LogP contribution in [0.15, 0.2) is 23.1 Å². The second kappa shape index (κ2) is 7.51. The monoisotopic (exact) mass is 359 g/mol. The summed E-state index contributed by atoms with van der Waals surface area (Å²) in [4.78, 5) is 13.6. The lowest BCUT2D eigenvalue weighted by Gasteiger charge is -2.26. The van der Waals surface area contributed by atoms with Gasteiger partial charge in [-0.25, -0.2) is 8.42 Å². The quantitative estimate of drug-likeness (QED) is 0.817. The van der Waals surface area contributed by atoms with E-state index in [4.69, 9.17) is 11.6 Å². The maximum atomic E-state index is 12.7. The van der Waals surface area contributed by atoms with E-state index < -0.39 is 10.0 Å². The zero-order valence-electron chi connectivity index (χ0n) is 13.4. The number of sulfonamides is 1. The molecule has 1 saturated heterocycles. The molecule has 0 spiro atoms. The first kappa shape index (κ1) is 18.0. The summed E-state index contributed by atoms with van der Waals surface area (Å²) in [6.45, 7) is 1.09. The molecule has 1 aliphatic rings. The van der Waals surface area contributed by atoms with Crippen LogP contribution >= 0.6 is 11.6 Å². The molecule has 0 atom stereocenters. The number of piperidine rings is 1. The van der Waals surface area contributed by atoms with Crippen molar-refractivity contribution in [2.45, 2.75) is 24.2 Å². The van der Waals surface area contributed by atoms with Crippen molar-refractivity contribution < 1.29 is 13.2 Å². The van der Waals surface area contributed by atoms with Gasteiger partial charge in [0.2, 0.25) is 15.9 Å². The average molecular weight is 360 g/mol. The lowest BCUT2D eigenvalue weighted by Crippen LogP contribution is -2.35. The lowest BCUT2D eigenvalue weighted by atomic mass is 10.2. The Balaban J connectivity index is 2.39. The van der Waals surface area contributed by atoms with Crippen molar-refractivity contribution in [3.8, 4) is 0 Å². The first-order chi connectivity index (χ1) is 10.9. The average Bonchev–Trinajstić information content (AvgIpc) is 2.55. The van der Waals surface area contributed by atoms with Crippen LogP contribution in [0, 0.1) is 0 Å². The Kier molecular flexibility index (Phi) is 5.89. The molecule has 2 rings (SSSR count). The van der Waals surface area contributed by atoms with Gasteiger partial charge in [0, 0.05) is 27.2 Å². The van der Waals surface area contributed by atoms with Crippen molar-refractivity contribution in [3.63, 3.8) is 0 Å². The van der Waals surface area contributed by atoms with Crippen molar-refractivity contribution in [2.75, 3.05) is 43.3 Å². The van der Waals surface area contributed by atoms with Crippen molar-refractivity contribution in [1.29, 1.82) is 0 Å². The summed E-state index contributed by atoms with van der Waals surface area (Å²) in [5.74, 6) is -0.557. The van der Waals surface area contributed by atoms with Crippen LogP contribution in [0.1, 0.15) is 19.3 Å². The van der Waals surface area contributed by atoms with E-state index in [0.29, 0.717) is 18.8 Å². The van der Waals surface area contributed by atoms with E-state index in [1.807, 2.05) is 14.1 Å². The summed E-state index contributed by atoms with van der Waals surface area (Å²) < 4.78 is 27.0. The van der Waals surface area contributed by atoms with Gasteiger partial charge in [0.1, 0.15) is 5.88 Å². The van der Waals surface area contributed by atoms with Crippen LogP contribution in [0.5, 0.6) is 0 Å². The fraction of sp³-hybridized carbons (Fsp3) is 0.533. The molecule has 23 heavy (non-hydrogen) atoms. The first-order valence-electron chi connectivity index (χ1n) is 7.53. The van der Waals surface area contributed by atoms with Crippen LogP contribution in [0.4, 0.5) is 11.4 Å². The van der Waals surface area contributed by atoms with Crippen LogP contribution in [0.2, 0.25) is 0 Å². The van der Waals surface area contributed by atoms with Gasteiger partial charge >= 0.3 is 0 Å². The minimum atomic E-state index is -3.54. The third kappa shape index (κ3) is 4.16. The van der Waals surface area contributed by atoms with Gasteiger partial charge in [0.05, 0.1) is 16.3 Å². The Labute approximate surface area is 142 Å². The summed E-state index contributed by atoms with van der Waals surface area (Å²) >= 11 is 5.53. The molecule has 0 radical (unpaired) electrons. The van der Waals surface area contributed by atoms with Gasteiger partial charge in [-0.15, -0.1) is 11.6 Å². The first-order valence-corrected chi connectivity index (χ1v) is 9.51. The molecule has 1 aromatic carbocycles. The second-order valence-corrected chi connectivity index (χ2v) is 7.93. The number of nitrogens with zero attached hydrogens (tertiary/aromatic N) is 2. The van der Waals surface area contributed by atoms with E-state index >= 15 is 0 Å². The van der Waals surface area contributed by atoms with Gasteiger partial charge in [-0.1, -0.05) is 6.42 Å². The molecule has 128 valence electrons. The Bertz CT molecular complexity index is 671. The highest BCUT2D eigenvalue weighted by Crippen LogP contribution is 2.30. The largest absolute Gasteiger partial charge is 0.376 e. The summed E-state index contributed by atoms with van der Waals surface area (Å²) in [6.07, 6.45) is 2.82. The van der Waals surface area contributed by atoms with Crippen LogP contribution in [0.25, 0.3) is 0 Å². The molecule has 1 fully saturated rings. The summed E-state index contributed by atoms with van der Waals surface area (Å²) in [6, 6.07) is 4.78. The number of hydrogen-bond acceptors (Lipinski definition) is 4. The Morgan fingerprint density at radius 1 is 1.26 bits per heavy atom. The van der Waals surface area contributed by atoms with Gasteiger partial charge in [0.15, 0.2) is 0 Å². The maximum Gasteiger partial charge on any atom is 0.243 e. The van der Waals surface area contributed by atoms with Crippen molar-refractivity contribution in [3.05, 3.63) is 18.2 Å². The summed E-state index contributed by atoms with van der Waals surface area (Å²) in [5.41, 5.74) is 1.17. The van der Waals surface area contributed by atoms with E-state index in [0.717, 1.165) is 24.9 Å². The van der Waals surface area contributed by atoms with Gasteiger partial charge in [-0.3, -0.25) is 4.79 Å². The number of carbonyl (C=O) groups is 1. The number of halogens is 1. The molecule has 0 bridgehead atoms. The maximum absolute atomic E-state index is 12.7. The molecule has 0 saturated carbocycles. The molecule has 0 aromatic heterocycles. The number of amides is 1.